The van der Waals surface area contributed by atoms with Crippen LogP contribution in [0.2, 0.25) is 0 Å². The van der Waals surface area contributed by atoms with Gasteiger partial charge in [0.15, 0.2) is 0 Å². The topological polar surface area (TPSA) is 67.2 Å². The number of aryl methyl sites for hydroxylation is 1. The molecule has 1 fully saturated rings. The van der Waals surface area contributed by atoms with Gasteiger partial charge in [-0.15, -0.1) is 0 Å². The third-order valence-electron chi connectivity index (χ3n) is 3.68. The molecule has 0 aliphatic carbocycles. The maximum atomic E-state index is 12.0. The molecule has 0 aromatic carbocycles. The van der Waals surface area contributed by atoms with Crippen LogP contribution in [0.15, 0.2) is 17.3 Å². The number of nitrogens with one attached hydrogen (secondary N) is 1. The first kappa shape index (κ1) is 15.5. The van der Waals surface area contributed by atoms with Crippen LogP contribution in [0.3, 0.4) is 0 Å². The largest absolute Gasteiger partial charge is 0.303 e. The van der Waals surface area contributed by atoms with Crippen LogP contribution in [-0.2, 0) is 17.1 Å². The molecule has 0 bridgehead atoms. The van der Waals surface area contributed by atoms with Crippen LogP contribution in [0.1, 0.15) is 26.2 Å². The van der Waals surface area contributed by atoms with Crippen LogP contribution < -0.4 is 4.72 Å². The molecule has 2 heterocycles. The number of hydrogen-bond donors (Lipinski definition) is 1. The highest BCUT2D eigenvalue weighted by Crippen LogP contribution is 2.15. The Labute approximate surface area is 121 Å². The normalized spacial score (nSPS) is 21.2. The zero-order valence-corrected chi connectivity index (χ0v) is 13.1. The molecule has 1 aromatic heterocycles. The minimum Gasteiger partial charge on any atom is -0.303 e. The smallest absolute Gasteiger partial charge is 0.243 e. The summed E-state index contributed by atoms with van der Waals surface area (Å²) in [4.78, 5) is 2.65. The SMILES string of the molecule is CC1CCCN(CCCNS(=O)(=O)c2cnn(C)c2)C1. The van der Waals surface area contributed by atoms with Crippen molar-refractivity contribution in [2.75, 3.05) is 26.2 Å². The number of rotatable bonds is 6. The van der Waals surface area contributed by atoms with Gasteiger partial charge in [0.1, 0.15) is 4.90 Å². The average molecular weight is 300 g/mol. The summed E-state index contributed by atoms with van der Waals surface area (Å²) in [7, 11) is -1.70. The molecular formula is C13H24N4O2S. The Morgan fingerprint density at radius 3 is 2.95 bits per heavy atom. The highest BCUT2D eigenvalue weighted by molar-refractivity contribution is 7.89. The summed E-state index contributed by atoms with van der Waals surface area (Å²) in [5, 5.41) is 3.88. The molecule has 0 amide bonds. The predicted octanol–water partition coefficient (Wildman–Crippen LogP) is 0.820. The summed E-state index contributed by atoms with van der Waals surface area (Å²) in [6, 6.07) is 0. The molecule has 1 aliphatic rings. The zero-order chi connectivity index (χ0) is 14.6. The fourth-order valence-electron chi connectivity index (χ4n) is 2.62. The Morgan fingerprint density at radius 2 is 2.30 bits per heavy atom. The molecule has 1 atom stereocenters. The number of sulfonamides is 1. The average Bonchev–Trinajstić information content (AvgIpc) is 2.82. The molecule has 1 aliphatic heterocycles. The predicted molar refractivity (Wildman–Crippen MR) is 77.9 cm³/mol. The summed E-state index contributed by atoms with van der Waals surface area (Å²) in [5.74, 6) is 0.760. The fraction of sp³-hybridized carbons (Fsp3) is 0.769. The lowest BCUT2D eigenvalue weighted by Crippen LogP contribution is -2.36. The van der Waals surface area contributed by atoms with Crippen LogP contribution in [0.4, 0.5) is 0 Å². The second kappa shape index (κ2) is 6.69. The second-order valence-corrected chi connectivity index (χ2v) is 7.42. The first-order valence-electron chi connectivity index (χ1n) is 7.18. The Hall–Kier alpha value is -0.920. The molecule has 1 saturated heterocycles. The fourth-order valence-corrected chi connectivity index (χ4v) is 3.68. The van der Waals surface area contributed by atoms with Crippen LogP contribution in [0, 0.1) is 5.92 Å². The maximum Gasteiger partial charge on any atom is 0.243 e. The lowest BCUT2D eigenvalue weighted by molar-refractivity contribution is 0.182. The summed E-state index contributed by atoms with van der Waals surface area (Å²) < 4.78 is 28.1. The monoisotopic (exact) mass is 300 g/mol. The van der Waals surface area contributed by atoms with Crippen molar-refractivity contribution in [1.29, 1.82) is 0 Å². The van der Waals surface area contributed by atoms with Crippen molar-refractivity contribution in [3.05, 3.63) is 12.4 Å². The van der Waals surface area contributed by atoms with E-state index in [0.29, 0.717) is 6.54 Å². The Bertz CT molecular complexity index is 526. The molecule has 1 unspecified atom stereocenters. The molecule has 0 radical (unpaired) electrons. The van der Waals surface area contributed by atoms with Crippen molar-refractivity contribution in [3.8, 4) is 0 Å². The van der Waals surface area contributed by atoms with E-state index in [4.69, 9.17) is 0 Å². The van der Waals surface area contributed by atoms with E-state index in [0.717, 1.165) is 32.0 Å². The molecule has 1 N–H and O–H groups in total. The standard InChI is InChI=1S/C13H24N4O2S/c1-12-5-3-7-17(10-12)8-4-6-15-20(18,19)13-9-14-16(2)11-13/h9,11-12,15H,3-8,10H2,1-2H3. The molecule has 2 rings (SSSR count). The highest BCUT2D eigenvalue weighted by Gasteiger charge is 2.17. The van der Waals surface area contributed by atoms with Crippen molar-refractivity contribution >= 4 is 10.0 Å². The van der Waals surface area contributed by atoms with Gasteiger partial charge in [-0.25, -0.2) is 13.1 Å². The lowest BCUT2D eigenvalue weighted by Gasteiger charge is -2.30. The van der Waals surface area contributed by atoms with E-state index in [1.807, 2.05) is 0 Å². The second-order valence-electron chi connectivity index (χ2n) is 5.65. The van der Waals surface area contributed by atoms with Crippen LogP contribution in [0.25, 0.3) is 0 Å². The number of nitrogens with zero attached hydrogens (tertiary/aromatic N) is 3. The van der Waals surface area contributed by atoms with E-state index >= 15 is 0 Å². The molecule has 1 aromatic rings. The minimum atomic E-state index is -3.41. The van der Waals surface area contributed by atoms with Gasteiger partial charge in [-0.3, -0.25) is 4.68 Å². The third kappa shape index (κ3) is 4.29. The Balaban J connectivity index is 1.73. The van der Waals surface area contributed by atoms with Crippen LogP contribution in [-0.4, -0.2) is 49.3 Å². The summed E-state index contributed by atoms with van der Waals surface area (Å²) in [5.41, 5.74) is 0. The number of likely N-dealkylation sites (tertiary alicyclic amines) is 1. The van der Waals surface area contributed by atoms with Gasteiger partial charge < -0.3 is 4.90 Å². The first-order valence-corrected chi connectivity index (χ1v) is 8.66. The Kier molecular flexibility index (Phi) is 5.17. The van der Waals surface area contributed by atoms with Gasteiger partial charge in [0.2, 0.25) is 10.0 Å². The summed E-state index contributed by atoms with van der Waals surface area (Å²) in [6.07, 6.45) is 6.28. The maximum absolute atomic E-state index is 12.0. The van der Waals surface area contributed by atoms with Crippen molar-refractivity contribution < 1.29 is 8.42 Å². The molecule has 0 spiro atoms. The van der Waals surface area contributed by atoms with E-state index in [1.165, 1.54) is 29.9 Å². The first-order chi connectivity index (χ1) is 9.47. The van der Waals surface area contributed by atoms with Gasteiger partial charge >= 0.3 is 0 Å². The van der Waals surface area contributed by atoms with E-state index in [9.17, 15) is 8.42 Å². The van der Waals surface area contributed by atoms with Gasteiger partial charge in [-0.2, -0.15) is 5.10 Å². The van der Waals surface area contributed by atoms with E-state index < -0.39 is 10.0 Å². The van der Waals surface area contributed by atoms with Crippen LogP contribution in [0.5, 0.6) is 0 Å². The summed E-state index contributed by atoms with van der Waals surface area (Å²) >= 11 is 0. The molecule has 6 nitrogen and oxygen atoms in total. The van der Waals surface area contributed by atoms with Gasteiger partial charge in [0, 0.05) is 26.3 Å². The van der Waals surface area contributed by atoms with Gasteiger partial charge in [-0.05, 0) is 38.3 Å². The zero-order valence-electron chi connectivity index (χ0n) is 12.2. The lowest BCUT2D eigenvalue weighted by atomic mass is 10.0. The van der Waals surface area contributed by atoms with E-state index in [1.54, 1.807) is 7.05 Å². The minimum absolute atomic E-state index is 0.228. The van der Waals surface area contributed by atoms with E-state index in [-0.39, 0.29) is 4.90 Å². The molecular weight excluding hydrogens is 276 g/mol. The van der Waals surface area contributed by atoms with Gasteiger partial charge in [-0.1, -0.05) is 6.92 Å². The van der Waals surface area contributed by atoms with Crippen molar-refractivity contribution in [3.63, 3.8) is 0 Å². The highest BCUT2D eigenvalue weighted by atomic mass is 32.2. The molecule has 20 heavy (non-hydrogen) atoms. The number of hydrogen-bond acceptors (Lipinski definition) is 4. The van der Waals surface area contributed by atoms with Gasteiger partial charge in [0.25, 0.3) is 0 Å². The number of piperidine rings is 1. The quantitative estimate of drug-likeness (QED) is 0.790. The molecule has 7 heteroatoms. The van der Waals surface area contributed by atoms with Gasteiger partial charge in [0.05, 0.1) is 6.20 Å². The van der Waals surface area contributed by atoms with Crippen LogP contribution >= 0.6 is 0 Å². The third-order valence-corrected chi connectivity index (χ3v) is 5.09. The Morgan fingerprint density at radius 1 is 1.50 bits per heavy atom. The van der Waals surface area contributed by atoms with Crippen molar-refractivity contribution in [1.82, 2.24) is 19.4 Å². The van der Waals surface area contributed by atoms with Crippen molar-refractivity contribution in [2.45, 2.75) is 31.1 Å². The van der Waals surface area contributed by atoms with E-state index in [2.05, 4.69) is 21.6 Å². The summed E-state index contributed by atoms with van der Waals surface area (Å²) in [6.45, 7) is 5.98. The molecule has 114 valence electrons. The number of aromatic nitrogens is 2. The molecule has 0 saturated carbocycles. The van der Waals surface area contributed by atoms with Crippen molar-refractivity contribution in [2.24, 2.45) is 13.0 Å².